The van der Waals surface area contributed by atoms with Gasteiger partial charge in [0.2, 0.25) is 0 Å². The predicted octanol–water partition coefficient (Wildman–Crippen LogP) is 3.49. The Hall–Kier alpha value is -0.280. The normalized spacial score (nSPS) is 25.8. The zero-order valence-electron chi connectivity index (χ0n) is 11.0. The number of nitrogens with two attached hydrogens (primary N) is 1. The van der Waals surface area contributed by atoms with E-state index >= 15 is 0 Å². The Bertz CT molecular complexity index is 367. The summed E-state index contributed by atoms with van der Waals surface area (Å²) in [6.07, 6.45) is 1.22. The number of rotatable bonds is 3. The lowest BCUT2D eigenvalue weighted by Crippen LogP contribution is -2.30. The molecule has 2 N–H and O–H groups in total. The zero-order valence-corrected chi connectivity index (χ0v) is 12.5. The largest absolute Gasteiger partial charge is 0.330 e. The Morgan fingerprint density at radius 3 is 2.50 bits per heavy atom. The van der Waals surface area contributed by atoms with Crippen molar-refractivity contribution in [3.8, 4) is 0 Å². The Kier molecular flexibility index (Phi) is 5.93. The molecule has 2 nitrogen and oxygen atoms in total. The average molecular weight is 289 g/mol. The molecule has 0 spiro atoms. The van der Waals surface area contributed by atoms with Crippen LogP contribution in [0.1, 0.15) is 31.9 Å². The first-order valence-corrected chi connectivity index (χ1v) is 6.71. The molecule has 18 heavy (non-hydrogen) atoms. The number of hydrogen-bond donors (Lipinski definition) is 1. The van der Waals surface area contributed by atoms with E-state index in [2.05, 4.69) is 30.9 Å². The zero-order chi connectivity index (χ0) is 12.4. The smallest absolute Gasteiger partial charge is 0.0406 e. The third-order valence-electron chi connectivity index (χ3n) is 3.89. The molecule has 1 aliphatic rings. The standard InChI is InChI=1S/C14H21ClN2.ClH/c1-10-7-12(8-16)9-17(10)11(2)13-3-5-14(15)6-4-13;/h3-6,10-12H,7-9,16H2,1-2H3;1H. The lowest BCUT2D eigenvalue weighted by molar-refractivity contribution is 0.200. The summed E-state index contributed by atoms with van der Waals surface area (Å²) in [7, 11) is 0. The molecular weight excluding hydrogens is 267 g/mol. The number of likely N-dealkylation sites (tertiary alicyclic amines) is 1. The van der Waals surface area contributed by atoms with Crippen LogP contribution in [0.15, 0.2) is 24.3 Å². The van der Waals surface area contributed by atoms with Gasteiger partial charge in [0.15, 0.2) is 0 Å². The molecule has 2 rings (SSSR count). The maximum Gasteiger partial charge on any atom is 0.0406 e. The van der Waals surface area contributed by atoms with E-state index in [1.807, 2.05) is 12.1 Å². The fourth-order valence-corrected chi connectivity index (χ4v) is 2.94. The van der Waals surface area contributed by atoms with Crippen molar-refractivity contribution in [2.24, 2.45) is 11.7 Å². The van der Waals surface area contributed by atoms with Crippen molar-refractivity contribution >= 4 is 24.0 Å². The van der Waals surface area contributed by atoms with Crippen molar-refractivity contribution in [1.29, 1.82) is 0 Å². The number of benzene rings is 1. The highest BCUT2D eigenvalue weighted by Crippen LogP contribution is 2.31. The third kappa shape index (κ3) is 3.39. The summed E-state index contributed by atoms with van der Waals surface area (Å²) >= 11 is 5.92. The second-order valence-electron chi connectivity index (χ2n) is 5.11. The molecule has 1 saturated heterocycles. The van der Waals surface area contributed by atoms with Gasteiger partial charge in [-0.05, 0) is 50.4 Å². The summed E-state index contributed by atoms with van der Waals surface area (Å²) in [5.41, 5.74) is 7.11. The van der Waals surface area contributed by atoms with Crippen LogP contribution >= 0.6 is 24.0 Å². The van der Waals surface area contributed by atoms with Gasteiger partial charge in [-0.25, -0.2) is 0 Å². The van der Waals surface area contributed by atoms with Gasteiger partial charge in [0, 0.05) is 23.7 Å². The van der Waals surface area contributed by atoms with Gasteiger partial charge in [0.25, 0.3) is 0 Å². The minimum atomic E-state index is 0. The molecule has 1 fully saturated rings. The molecule has 1 aromatic rings. The molecule has 4 heteroatoms. The fourth-order valence-electron chi connectivity index (χ4n) is 2.81. The average Bonchev–Trinajstić information content (AvgIpc) is 2.71. The Balaban J connectivity index is 0.00000162. The molecule has 1 aliphatic heterocycles. The third-order valence-corrected chi connectivity index (χ3v) is 4.14. The summed E-state index contributed by atoms with van der Waals surface area (Å²) in [4.78, 5) is 2.54. The predicted molar refractivity (Wildman–Crippen MR) is 80.4 cm³/mol. The number of nitrogens with zero attached hydrogens (tertiary/aromatic N) is 1. The quantitative estimate of drug-likeness (QED) is 0.923. The second kappa shape index (κ2) is 6.76. The maximum atomic E-state index is 5.92. The van der Waals surface area contributed by atoms with E-state index in [9.17, 15) is 0 Å². The first-order chi connectivity index (χ1) is 8.11. The first-order valence-electron chi connectivity index (χ1n) is 6.33. The molecule has 0 bridgehead atoms. The SMILES string of the molecule is CC1CC(CN)CN1C(C)c1ccc(Cl)cc1.Cl. The molecule has 0 amide bonds. The highest BCUT2D eigenvalue weighted by atomic mass is 35.5. The van der Waals surface area contributed by atoms with Crippen molar-refractivity contribution in [2.75, 3.05) is 13.1 Å². The second-order valence-corrected chi connectivity index (χ2v) is 5.55. The van der Waals surface area contributed by atoms with Crippen molar-refractivity contribution in [2.45, 2.75) is 32.4 Å². The molecule has 1 aromatic carbocycles. The van der Waals surface area contributed by atoms with Gasteiger partial charge in [-0.1, -0.05) is 23.7 Å². The summed E-state index contributed by atoms with van der Waals surface area (Å²) in [6, 6.07) is 9.24. The minimum absolute atomic E-state index is 0. The summed E-state index contributed by atoms with van der Waals surface area (Å²) in [6.45, 7) is 6.47. The van der Waals surface area contributed by atoms with E-state index in [1.165, 1.54) is 12.0 Å². The van der Waals surface area contributed by atoms with E-state index in [0.29, 0.717) is 18.0 Å². The van der Waals surface area contributed by atoms with Crippen molar-refractivity contribution in [3.63, 3.8) is 0 Å². The summed E-state index contributed by atoms with van der Waals surface area (Å²) in [5, 5.41) is 0.801. The highest BCUT2D eigenvalue weighted by molar-refractivity contribution is 6.30. The summed E-state index contributed by atoms with van der Waals surface area (Å²) in [5.74, 6) is 0.653. The van der Waals surface area contributed by atoms with Crippen LogP contribution in [0.5, 0.6) is 0 Å². The van der Waals surface area contributed by atoms with Crippen molar-refractivity contribution in [1.82, 2.24) is 4.90 Å². The molecular formula is C14H22Cl2N2. The topological polar surface area (TPSA) is 29.3 Å². The highest BCUT2D eigenvalue weighted by Gasteiger charge is 2.31. The lowest BCUT2D eigenvalue weighted by atomic mass is 10.1. The van der Waals surface area contributed by atoms with Gasteiger partial charge in [-0.3, -0.25) is 4.90 Å². The van der Waals surface area contributed by atoms with Gasteiger partial charge in [-0.2, -0.15) is 0 Å². The fraction of sp³-hybridized carbons (Fsp3) is 0.571. The molecule has 0 saturated carbocycles. The molecule has 3 atom stereocenters. The van der Waals surface area contributed by atoms with E-state index in [0.717, 1.165) is 18.1 Å². The number of halogens is 2. The van der Waals surface area contributed by atoms with Crippen LogP contribution in [0.2, 0.25) is 5.02 Å². The van der Waals surface area contributed by atoms with Gasteiger partial charge >= 0.3 is 0 Å². The molecule has 102 valence electrons. The number of hydrogen-bond acceptors (Lipinski definition) is 2. The van der Waals surface area contributed by atoms with Crippen LogP contribution in [0.25, 0.3) is 0 Å². The van der Waals surface area contributed by atoms with Gasteiger partial charge in [0.1, 0.15) is 0 Å². The molecule has 1 heterocycles. The van der Waals surface area contributed by atoms with Gasteiger partial charge < -0.3 is 5.73 Å². The van der Waals surface area contributed by atoms with Crippen LogP contribution in [0, 0.1) is 5.92 Å². The van der Waals surface area contributed by atoms with Crippen LogP contribution < -0.4 is 5.73 Å². The Morgan fingerprint density at radius 2 is 2.00 bits per heavy atom. The van der Waals surface area contributed by atoms with Crippen LogP contribution in [0.3, 0.4) is 0 Å². The van der Waals surface area contributed by atoms with Gasteiger partial charge in [-0.15, -0.1) is 12.4 Å². The minimum Gasteiger partial charge on any atom is -0.330 e. The van der Waals surface area contributed by atoms with Crippen molar-refractivity contribution < 1.29 is 0 Å². The van der Waals surface area contributed by atoms with E-state index in [1.54, 1.807) is 0 Å². The maximum absolute atomic E-state index is 5.92. The summed E-state index contributed by atoms with van der Waals surface area (Å²) < 4.78 is 0. The van der Waals surface area contributed by atoms with E-state index in [4.69, 9.17) is 17.3 Å². The lowest BCUT2D eigenvalue weighted by Gasteiger charge is -2.29. The van der Waals surface area contributed by atoms with Crippen molar-refractivity contribution in [3.05, 3.63) is 34.9 Å². The Morgan fingerprint density at radius 1 is 1.39 bits per heavy atom. The molecule has 0 aromatic heterocycles. The van der Waals surface area contributed by atoms with E-state index in [-0.39, 0.29) is 12.4 Å². The van der Waals surface area contributed by atoms with Crippen LogP contribution in [-0.4, -0.2) is 24.0 Å². The van der Waals surface area contributed by atoms with Crippen LogP contribution in [0.4, 0.5) is 0 Å². The molecule has 3 unspecified atom stereocenters. The van der Waals surface area contributed by atoms with E-state index < -0.39 is 0 Å². The monoisotopic (exact) mass is 288 g/mol. The van der Waals surface area contributed by atoms with Gasteiger partial charge in [0.05, 0.1) is 0 Å². The molecule has 0 radical (unpaired) electrons. The van der Waals surface area contributed by atoms with Crippen LogP contribution in [-0.2, 0) is 0 Å². The first kappa shape index (κ1) is 15.8. The Labute approximate surface area is 121 Å². The molecule has 0 aliphatic carbocycles.